The second kappa shape index (κ2) is 9.05. The zero-order chi connectivity index (χ0) is 21.0. The van der Waals surface area contributed by atoms with Gasteiger partial charge in [-0.15, -0.1) is 11.3 Å². The Morgan fingerprint density at radius 3 is 2.59 bits per heavy atom. The fraction of sp³-hybridized carbons (Fsp3) is 0.400. The van der Waals surface area contributed by atoms with E-state index in [-0.39, 0.29) is 10.5 Å². The number of nitrogens with one attached hydrogen (secondary N) is 1. The number of benzene rings is 1. The molecule has 7 nitrogen and oxygen atoms in total. The molecule has 1 aliphatic rings. The maximum atomic E-state index is 13.1. The highest BCUT2D eigenvalue weighted by Gasteiger charge is 2.29. The molecule has 3 rings (SSSR count). The largest absolute Gasteiger partial charge is 0.379 e. The molecule has 1 aliphatic heterocycles. The van der Waals surface area contributed by atoms with Crippen LogP contribution in [0.5, 0.6) is 0 Å². The molecule has 1 aromatic carbocycles. The average Bonchev–Trinajstić information content (AvgIpc) is 3.15. The SMILES string of the molecule is CCc1cc(C#N)c(NC(=O)c2ccc(CC)c(S(=O)(=O)N3CCOCC3)c2)s1. The number of morpholine rings is 1. The molecule has 154 valence electrons. The van der Waals surface area contributed by atoms with Crippen LogP contribution in [0.4, 0.5) is 5.00 Å². The first kappa shape index (κ1) is 21.5. The van der Waals surface area contributed by atoms with Gasteiger partial charge in [0.15, 0.2) is 0 Å². The van der Waals surface area contributed by atoms with Crippen LogP contribution in [0.25, 0.3) is 0 Å². The third kappa shape index (κ3) is 4.51. The van der Waals surface area contributed by atoms with Crippen molar-refractivity contribution in [3.05, 3.63) is 45.8 Å². The number of carbonyl (C=O) groups is 1. The quantitative estimate of drug-likeness (QED) is 0.755. The van der Waals surface area contributed by atoms with Crippen molar-refractivity contribution in [1.29, 1.82) is 5.26 Å². The van der Waals surface area contributed by atoms with Crippen molar-refractivity contribution in [1.82, 2.24) is 4.31 Å². The lowest BCUT2D eigenvalue weighted by molar-refractivity contribution is 0.0730. The summed E-state index contributed by atoms with van der Waals surface area (Å²) in [5.74, 6) is -0.438. The molecule has 1 saturated heterocycles. The van der Waals surface area contributed by atoms with E-state index in [0.717, 1.165) is 11.3 Å². The summed E-state index contributed by atoms with van der Waals surface area (Å²) < 4.78 is 32.9. The Morgan fingerprint density at radius 1 is 1.24 bits per heavy atom. The molecule has 1 amide bonds. The van der Waals surface area contributed by atoms with Gasteiger partial charge < -0.3 is 10.1 Å². The van der Waals surface area contributed by atoms with Crippen molar-refractivity contribution in [2.75, 3.05) is 31.6 Å². The van der Waals surface area contributed by atoms with Crippen LogP contribution in [-0.4, -0.2) is 44.9 Å². The van der Waals surface area contributed by atoms with Crippen LogP contribution in [0.2, 0.25) is 0 Å². The molecule has 0 spiro atoms. The molecule has 1 aromatic heterocycles. The monoisotopic (exact) mass is 433 g/mol. The molecular weight excluding hydrogens is 410 g/mol. The molecule has 0 bridgehead atoms. The number of carbonyl (C=O) groups excluding carboxylic acids is 1. The molecule has 0 radical (unpaired) electrons. The Hall–Kier alpha value is -2.25. The minimum atomic E-state index is -3.72. The van der Waals surface area contributed by atoms with Crippen molar-refractivity contribution < 1.29 is 17.9 Å². The van der Waals surface area contributed by atoms with Crippen LogP contribution in [-0.2, 0) is 27.6 Å². The van der Waals surface area contributed by atoms with Gasteiger partial charge >= 0.3 is 0 Å². The first-order valence-electron chi connectivity index (χ1n) is 9.45. The number of rotatable bonds is 6. The van der Waals surface area contributed by atoms with Crippen LogP contribution in [0.3, 0.4) is 0 Å². The molecular formula is C20H23N3O4S2. The summed E-state index contributed by atoms with van der Waals surface area (Å²) in [6.45, 7) is 5.16. The summed E-state index contributed by atoms with van der Waals surface area (Å²) in [4.78, 5) is 13.9. The Bertz CT molecular complexity index is 1050. The minimum Gasteiger partial charge on any atom is -0.379 e. The molecule has 2 heterocycles. The molecule has 0 atom stereocenters. The van der Waals surface area contributed by atoms with Gasteiger partial charge in [0.1, 0.15) is 11.1 Å². The van der Waals surface area contributed by atoms with Gasteiger partial charge in [-0.1, -0.05) is 19.9 Å². The molecule has 0 saturated carbocycles. The zero-order valence-corrected chi connectivity index (χ0v) is 18.0. The molecule has 9 heteroatoms. The average molecular weight is 434 g/mol. The number of hydrogen-bond acceptors (Lipinski definition) is 6. The first-order valence-corrected chi connectivity index (χ1v) is 11.7. The maximum absolute atomic E-state index is 13.1. The second-order valence-corrected chi connectivity index (χ2v) is 9.61. The van der Waals surface area contributed by atoms with Crippen molar-refractivity contribution in [2.45, 2.75) is 31.6 Å². The molecule has 29 heavy (non-hydrogen) atoms. The van der Waals surface area contributed by atoms with Gasteiger partial charge in [-0.2, -0.15) is 9.57 Å². The lowest BCUT2D eigenvalue weighted by Gasteiger charge is -2.27. The highest BCUT2D eigenvalue weighted by molar-refractivity contribution is 7.89. The van der Waals surface area contributed by atoms with Gasteiger partial charge in [0.25, 0.3) is 5.91 Å². The summed E-state index contributed by atoms with van der Waals surface area (Å²) in [5.41, 5.74) is 1.31. The maximum Gasteiger partial charge on any atom is 0.256 e. The van der Waals surface area contributed by atoms with Gasteiger partial charge in [0, 0.05) is 23.5 Å². The first-order chi connectivity index (χ1) is 13.9. The number of nitriles is 1. The van der Waals surface area contributed by atoms with E-state index >= 15 is 0 Å². The summed E-state index contributed by atoms with van der Waals surface area (Å²) in [5, 5.41) is 12.5. The Labute approximate surface area is 175 Å². The normalized spacial score (nSPS) is 15.1. The van der Waals surface area contributed by atoms with Gasteiger partial charge in [0.05, 0.1) is 23.7 Å². The summed E-state index contributed by atoms with van der Waals surface area (Å²) in [6.07, 6.45) is 1.30. The third-order valence-corrected chi connectivity index (χ3v) is 7.95. The molecule has 1 fully saturated rings. The van der Waals surface area contributed by atoms with Gasteiger partial charge in [0.2, 0.25) is 10.0 Å². The van der Waals surface area contributed by atoms with Crippen molar-refractivity contribution in [2.24, 2.45) is 0 Å². The van der Waals surface area contributed by atoms with E-state index in [1.165, 1.54) is 21.7 Å². The number of sulfonamides is 1. The predicted molar refractivity (Wildman–Crippen MR) is 112 cm³/mol. The highest BCUT2D eigenvalue weighted by atomic mass is 32.2. The number of aryl methyl sites for hydroxylation is 2. The summed E-state index contributed by atoms with van der Waals surface area (Å²) >= 11 is 1.35. The standard InChI is InChI=1S/C20H23N3O4S2/c1-3-14-5-6-15(12-18(14)29(25,26)23-7-9-27-10-8-23)19(24)22-20-16(13-21)11-17(4-2)28-20/h5-6,11-12H,3-4,7-10H2,1-2H3,(H,22,24). The van der Waals surface area contributed by atoms with Gasteiger partial charge in [-0.25, -0.2) is 8.42 Å². The van der Waals surface area contributed by atoms with E-state index in [0.29, 0.717) is 48.9 Å². The van der Waals surface area contributed by atoms with Gasteiger partial charge in [-0.3, -0.25) is 4.79 Å². The minimum absolute atomic E-state index is 0.149. The van der Waals surface area contributed by atoms with Crippen LogP contribution >= 0.6 is 11.3 Å². The van der Waals surface area contributed by atoms with E-state index in [9.17, 15) is 18.5 Å². The van der Waals surface area contributed by atoms with Crippen LogP contribution in [0.15, 0.2) is 29.2 Å². The number of ether oxygens (including phenoxy) is 1. The molecule has 0 unspecified atom stereocenters. The van der Waals surface area contributed by atoms with Crippen molar-refractivity contribution in [3.8, 4) is 6.07 Å². The molecule has 1 N–H and O–H groups in total. The molecule has 2 aromatic rings. The van der Waals surface area contributed by atoms with E-state index in [2.05, 4.69) is 11.4 Å². The lowest BCUT2D eigenvalue weighted by Crippen LogP contribution is -2.41. The fourth-order valence-electron chi connectivity index (χ4n) is 3.12. The van der Waals surface area contributed by atoms with Crippen LogP contribution in [0.1, 0.15) is 40.2 Å². The summed E-state index contributed by atoms with van der Waals surface area (Å²) in [6, 6.07) is 8.57. The number of anilines is 1. The number of thiophene rings is 1. The Kier molecular flexibility index (Phi) is 6.70. The number of nitrogens with zero attached hydrogens (tertiary/aromatic N) is 2. The zero-order valence-electron chi connectivity index (χ0n) is 16.4. The van der Waals surface area contributed by atoms with E-state index in [1.807, 2.05) is 13.8 Å². The fourth-order valence-corrected chi connectivity index (χ4v) is 5.79. The smallest absolute Gasteiger partial charge is 0.256 e. The number of amides is 1. The van der Waals surface area contributed by atoms with E-state index in [4.69, 9.17) is 4.74 Å². The number of hydrogen-bond donors (Lipinski definition) is 1. The van der Waals surface area contributed by atoms with Crippen LogP contribution in [0, 0.1) is 11.3 Å². The van der Waals surface area contributed by atoms with E-state index < -0.39 is 15.9 Å². The Balaban J connectivity index is 1.93. The molecule has 0 aliphatic carbocycles. The van der Waals surface area contributed by atoms with Crippen LogP contribution < -0.4 is 5.32 Å². The second-order valence-electron chi connectivity index (χ2n) is 6.57. The van der Waals surface area contributed by atoms with E-state index in [1.54, 1.807) is 18.2 Å². The topological polar surface area (TPSA) is 99.5 Å². The highest BCUT2D eigenvalue weighted by Crippen LogP contribution is 2.29. The predicted octanol–water partition coefficient (Wildman–Crippen LogP) is 3.02. The van der Waals surface area contributed by atoms with Crippen molar-refractivity contribution in [3.63, 3.8) is 0 Å². The van der Waals surface area contributed by atoms with Gasteiger partial charge in [-0.05, 0) is 36.6 Å². The van der Waals surface area contributed by atoms with Crippen molar-refractivity contribution >= 4 is 32.3 Å². The Morgan fingerprint density at radius 2 is 1.97 bits per heavy atom. The summed E-state index contributed by atoms with van der Waals surface area (Å²) in [7, 11) is -3.72. The lowest BCUT2D eigenvalue weighted by atomic mass is 10.1. The third-order valence-electron chi connectivity index (χ3n) is 4.78.